The van der Waals surface area contributed by atoms with Crippen molar-refractivity contribution in [3.8, 4) is 0 Å². The van der Waals surface area contributed by atoms with Gasteiger partial charge in [-0.1, -0.05) is 25.1 Å². The smallest absolute Gasteiger partial charge is 0.209 e. The van der Waals surface area contributed by atoms with E-state index in [9.17, 15) is 0 Å². The molecule has 0 spiro atoms. The summed E-state index contributed by atoms with van der Waals surface area (Å²) in [5, 5.41) is 17.4. The largest absolute Gasteiger partial charge is 0.396 e. The number of nitrogens with zero attached hydrogens (tertiary/aromatic N) is 3. The lowest BCUT2D eigenvalue weighted by atomic mass is 10.2. The van der Waals surface area contributed by atoms with Crippen LogP contribution in [0.5, 0.6) is 0 Å². The van der Waals surface area contributed by atoms with Gasteiger partial charge in [-0.25, -0.2) is 4.68 Å². The number of aryl methyl sites for hydroxylation is 1. The van der Waals surface area contributed by atoms with Gasteiger partial charge in [-0.05, 0) is 12.8 Å². The van der Waals surface area contributed by atoms with Crippen molar-refractivity contribution in [3.63, 3.8) is 0 Å². The minimum Gasteiger partial charge on any atom is -0.396 e. The predicted molar refractivity (Wildman–Crippen MR) is 61.2 cm³/mol. The zero-order valence-corrected chi connectivity index (χ0v) is 9.83. The Morgan fingerprint density at radius 3 is 2.87 bits per heavy atom. The lowest BCUT2D eigenvalue weighted by molar-refractivity contribution is 0.296. The highest BCUT2D eigenvalue weighted by Gasteiger charge is 2.08. The normalized spacial score (nSPS) is 10.8. The number of rotatable bonds is 7. The lowest BCUT2D eigenvalue weighted by Crippen LogP contribution is -2.14. The summed E-state index contributed by atoms with van der Waals surface area (Å²) in [6.45, 7) is 2.34. The van der Waals surface area contributed by atoms with Gasteiger partial charge in [0.2, 0.25) is 5.16 Å². The second-order valence-electron chi connectivity index (χ2n) is 3.30. The quantitative estimate of drug-likeness (QED) is 0.412. The molecule has 0 saturated heterocycles. The highest BCUT2D eigenvalue weighted by atomic mass is 32.2. The van der Waals surface area contributed by atoms with Crippen molar-refractivity contribution in [2.45, 2.75) is 37.8 Å². The summed E-state index contributed by atoms with van der Waals surface area (Å²) in [4.78, 5) is 0. The first-order chi connectivity index (χ1) is 7.29. The minimum absolute atomic E-state index is 0.203. The molecule has 6 heteroatoms. The fraction of sp³-hybridized carbons (Fsp3) is 0.778. The zero-order chi connectivity index (χ0) is 11.1. The fourth-order valence-corrected chi connectivity index (χ4v) is 1.94. The molecule has 86 valence electrons. The molecule has 0 aliphatic rings. The Kier molecular flexibility index (Phi) is 5.49. The van der Waals surface area contributed by atoms with Crippen LogP contribution in [0.2, 0.25) is 0 Å². The van der Waals surface area contributed by atoms with E-state index in [0.29, 0.717) is 0 Å². The number of nitrogens with two attached hydrogens (primary N) is 1. The van der Waals surface area contributed by atoms with Crippen LogP contribution in [0.3, 0.4) is 0 Å². The number of aliphatic hydroxyl groups is 1. The van der Waals surface area contributed by atoms with Crippen molar-refractivity contribution in [3.05, 3.63) is 5.82 Å². The number of aromatic nitrogens is 3. The van der Waals surface area contributed by atoms with Gasteiger partial charge >= 0.3 is 0 Å². The summed E-state index contributed by atoms with van der Waals surface area (Å²) in [7, 11) is 0. The summed E-state index contributed by atoms with van der Waals surface area (Å²) in [6.07, 6.45) is 3.83. The monoisotopic (exact) mass is 230 g/mol. The van der Waals surface area contributed by atoms with Gasteiger partial charge in [-0.2, -0.15) is 0 Å². The summed E-state index contributed by atoms with van der Waals surface area (Å²) < 4.78 is 1.55. The van der Waals surface area contributed by atoms with E-state index in [4.69, 9.17) is 10.9 Å². The summed E-state index contributed by atoms with van der Waals surface area (Å²) in [5.74, 6) is 7.49. The van der Waals surface area contributed by atoms with E-state index in [1.54, 1.807) is 4.68 Å². The van der Waals surface area contributed by atoms with Crippen LogP contribution in [0.4, 0.5) is 0 Å². The Balaban J connectivity index is 2.47. The average Bonchev–Trinajstić information content (AvgIpc) is 2.58. The molecule has 0 unspecified atom stereocenters. The molecule has 0 saturated carbocycles. The molecule has 0 aliphatic heterocycles. The van der Waals surface area contributed by atoms with Crippen molar-refractivity contribution in [1.29, 1.82) is 0 Å². The van der Waals surface area contributed by atoms with Gasteiger partial charge in [0.25, 0.3) is 0 Å². The highest BCUT2D eigenvalue weighted by molar-refractivity contribution is 7.99. The maximum atomic E-state index is 8.65. The van der Waals surface area contributed by atoms with Crippen molar-refractivity contribution < 1.29 is 5.11 Å². The maximum absolute atomic E-state index is 8.65. The van der Waals surface area contributed by atoms with Crippen molar-refractivity contribution >= 4 is 11.8 Å². The number of hydrogen-bond acceptors (Lipinski definition) is 5. The van der Waals surface area contributed by atoms with Gasteiger partial charge in [0, 0.05) is 18.8 Å². The Morgan fingerprint density at radius 1 is 1.40 bits per heavy atom. The Hall–Kier alpha value is -0.750. The van der Waals surface area contributed by atoms with Crippen LogP contribution in [-0.4, -0.2) is 32.3 Å². The van der Waals surface area contributed by atoms with E-state index in [1.165, 1.54) is 11.8 Å². The molecule has 1 aromatic heterocycles. The van der Waals surface area contributed by atoms with E-state index in [1.807, 2.05) is 0 Å². The molecule has 0 aliphatic carbocycles. The molecule has 0 aromatic carbocycles. The summed E-state index contributed by atoms with van der Waals surface area (Å²) in [5.41, 5.74) is 0. The number of unbranched alkanes of at least 4 members (excludes halogenated alkanes) is 1. The fourth-order valence-electron chi connectivity index (χ4n) is 1.14. The molecule has 15 heavy (non-hydrogen) atoms. The Labute approximate surface area is 94.0 Å². The van der Waals surface area contributed by atoms with Crippen molar-refractivity contribution in [2.24, 2.45) is 0 Å². The molecule has 0 radical (unpaired) electrons. The van der Waals surface area contributed by atoms with E-state index >= 15 is 0 Å². The van der Waals surface area contributed by atoms with Gasteiger partial charge in [0.15, 0.2) is 5.82 Å². The molecule has 3 N–H and O–H groups in total. The van der Waals surface area contributed by atoms with Crippen LogP contribution in [0.15, 0.2) is 5.16 Å². The van der Waals surface area contributed by atoms with Crippen LogP contribution >= 0.6 is 11.8 Å². The SMILES string of the molecule is CCCCc1nnc(SCCCO)n1N. The van der Waals surface area contributed by atoms with E-state index in [2.05, 4.69) is 17.1 Å². The molecule has 1 heterocycles. The molecule has 5 nitrogen and oxygen atoms in total. The van der Waals surface area contributed by atoms with Gasteiger partial charge < -0.3 is 10.9 Å². The number of nitrogen functional groups attached to an aromatic ring is 1. The standard InChI is InChI=1S/C9H18N4OS/c1-2-3-5-8-11-12-9(13(8)10)15-7-4-6-14/h14H,2-7,10H2,1H3. The van der Waals surface area contributed by atoms with Gasteiger partial charge in [-0.15, -0.1) is 10.2 Å². The van der Waals surface area contributed by atoms with Gasteiger partial charge in [0.05, 0.1) is 0 Å². The van der Waals surface area contributed by atoms with Crippen LogP contribution in [0, 0.1) is 0 Å². The highest BCUT2D eigenvalue weighted by Crippen LogP contribution is 2.15. The predicted octanol–water partition coefficient (Wildman–Crippen LogP) is 0.809. The van der Waals surface area contributed by atoms with E-state index < -0.39 is 0 Å². The lowest BCUT2D eigenvalue weighted by Gasteiger charge is -2.02. The minimum atomic E-state index is 0.203. The summed E-state index contributed by atoms with van der Waals surface area (Å²) >= 11 is 1.53. The second kappa shape index (κ2) is 6.68. The number of aliphatic hydroxyl groups excluding tert-OH is 1. The molecular formula is C9H18N4OS. The van der Waals surface area contributed by atoms with Gasteiger partial charge in [0.1, 0.15) is 0 Å². The maximum Gasteiger partial charge on any atom is 0.209 e. The first-order valence-electron chi connectivity index (χ1n) is 5.22. The van der Waals surface area contributed by atoms with Crippen LogP contribution in [0.25, 0.3) is 0 Å². The third kappa shape index (κ3) is 3.71. The average molecular weight is 230 g/mol. The first kappa shape index (κ1) is 12.3. The number of hydrogen-bond donors (Lipinski definition) is 2. The molecule has 1 aromatic rings. The molecule has 0 bridgehead atoms. The third-order valence-corrected chi connectivity index (χ3v) is 3.05. The molecule has 0 fully saturated rings. The number of thioether (sulfide) groups is 1. The molecule has 0 atom stereocenters. The Bertz CT molecular complexity index is 290. The van der Waals surface area contributed by atoms with E-state index in [0.717, 1.165) is 42.4 Å². The van der Waals surface area contributed by atoms with Crippen molar-refractivity contribution in [2.75, 3.05) is 18.2 Å². The van der Waals surface area contributed by atoms with Crippen molar-refractivity contribution in [1.82, 2.24) is 14.9 Å². The summed E-state index contributed by atoms with van der Waals surface area (Å²) in [6, 6.07) is 0. The molecular weight excluding hydrogens is 212 g/mol. The zero-order valence-electron chi connectivity index (χ0n) is 9.02. The molecule has 1 rings (SSSR count). The first-order valence-corrected chi connectivity index (χ1v) is 6.21. The third-order valence-electron chi connectivity index (χ3n) is 2.02. The molecule has 0 amide bonds. The second-order valence-corrected chi connectivity index (χ2v) is 4.36. The Morgan fingerprint density at radius 2 is 2.20 bits per heavy atom. The van der Waals surface area contributed by atoms with Gasteiger partial charge in [-0.3, -0.25) is 0 Å². The topological polar surface area (TPSA) is 77.0 Å². The van der Waals surface area contributed by atoms with Crippen LogP contribution in [0.1, 0.15) is 32.0 Å². The van der Waals surface area contributed by atoms with Crippen LogP contribution in [-0.2, 0) is 6.42 Å². The van der Waals surface area contributed by atoms with E-state index in [-0.39, 0.29) is 6.61 Å². The van der Waals surface area contributed by atoms with Crippen LogP contribution < -0.4 is 5.84 Å².